The monoisotopic (exact) mass is 414 g/mol. The van der Waals surface area contributed by atoms with Crippen molar-refractivity contribution < 1.29 is 14.3 Å². The highest BCUT2D eigenvalue weighted by Gasteiger charge is 2.19. The number of anilines is 1. The van der Waals surface area contributed by atoms with Crippen LogP contribution in [0.2, 0.25) is 0 Å². The third kappa shape index (κ3) is 4.44. The molecule has 0 aliphatic carbocycles. The number of H-pyrrole nitrogens is 1. The molecule has 1 aromatic carbocycles. The Balaban J connectivity index is 1.93. The number of aromatic amines is 1. The largest absolute Gasteiger partial charge is 0.448 e. The van der Waals surface area contributed by atoms with Crippen molar-refractivity contribution in [2.75, 3.05) is 5.32 Å². The molecule has 0 saturated heterocycles. The van der Waals surface area contributed by atoms with E-state index >= 15 is 0 Å². The van der Waals surface area contributed by atoms with Crippen LogP contribution < -0.4 is 5.32 Å². The topological polar surface area (TPSA) is 71.2 Å². The summed E-state index contributed by atoms with van der Waals surface area (Å²) in [6, 6.07) is 8.70. The molecule has 0 fully saturated rings. The van der Waals surface area contributed by atoms with Gasteiger partial charge in [-0.15, -0.1) is 0 Å². The van der Waals surface area contributed by atoms with Crippen molar-refractivity contribution in [2.45, 2.75) is 13.0 Å². The van der Waals surface area contributed by atoms with Gasteiger partial charge in [0.2, 0.25) is 0 Å². The lowest BCUT2D eigenvalue weighted by atomic mass is 10.3. The number of carbonyl (C=O) groups is 2. The summed E-state index contributed by atoms with van der Waals surface area (Å²) in [5.74, 6) is -0.976. The molecule has 1 aromatic heterocycles. The first-order chi connectivity index (χ1) is 9.95. The fraction of sp³-hybridized carbons (Fsp3) is 0.143. The highest BCUT2D eigenvalue weighted by Crippen LogP contribution is 2.15. The molecule has 1 unspecified atom stereocenters. The zero-order valence-corrected chi connectivity index (χ0v) is 14.2. The van der Waals surface area contributed by atoms with E-state index in [-0.39, 0.29) is 5.69 Å². The summed E-state index contributed by atoms with van der Waals surface area (Å²) in [6.45, 7) is 1.52. The Morgan fingerprint density at radius 2 is 1.86 bits per heavy atom. The number of hydrogen-bond acceptors (Lipinski definition) is 3. The number of halogens is 2. The predicted octanol–water partition coefficient (Wildman–Crippen LogP) is 3.72. The van der Waals surface area contributed by atoms with E-state index in [1.54, 1.807) is 24.4 Å². The van der Waals surface area contributed by atoms with Gasteiger partial charge in [0.05, 0.1) is 0 Å². The van der Waals surface area contributed by atoms with Crippen LogP contribution >= 0.6 is 31.9 Å². The minimum Gasteiger partial charge on any atom is -0.448 e. The van der Waals surface area contributed by atoms with Gasteiger partial charge in [-0.1, -0.05) is 15.9 Å². The Morgan fingerprint density at radius 3 is 2.43 bits per heavy atom. The van der Waals surface area contributed by atoms with Crippen LogP contribution in [0.5, 0.6) is 0 Å². The molecule has 5 nitrogen and oxygen atoms in total. The van der Waals surface area contributed by atoms with Crippen LogP contribution in [0.1, 0.15) is 17.4 Å². The van der Waals surface area contributed by atoms with E-state index in [0.29, 0.717) is 5.69 Å². The maximum absolute atomic E-state index is 11.9. The van der Waals surface area contributed by atoms with E-state index in [2.05, 4.69) is 42.2 Å². The van der Waals surface area contributed by atoms with Crippen molar-refractivity contribution in [3.8, 4) is 0 Å². The van der Waals surface area contributed by atoms with Crippen LogP contribution in [-0.2, 0) is 9.53 Å². The van der Waals surface area contributed by atoms with Crippen LogP contribution in [0.4, 0.5) is 5.69 Å². The molecule has 2 N–H and O–H groups in total. The normalized spacial score (nSPS) is 11.8. The quantitative estimate of drug-likeness (QED) is 0.747. The number of carbonyl (C=O) groups excluding carboxylic acids is 2. The summed E-state index contributed by atoms with van der Waals surface area (Å²) in [4.78, 5) is 26.5. The second-order valence-corrected chi connectivity index (χ2v) is 6.11. The zero-order chi connectivity index (χ0) is 15.4. The van der Waals surface area contributed by atoms with Crippen LogP contribution in [-0.4, -0.2) is 23.0 Å². The molecule has 2 rings (SSSR count). The summed E-state index contributed by atoms with van der Waals surface area (Å²) in [5, 5.41) is 2.67. The fourth-order valence-corrected chi connectivity index (χ4v) is 2.15. The number of aromatic nitrogens is 1. The Hall–Kier alpha value is -1.60. The summed E-state index contributed by atoms with van der Waals surface area (Å²) in [7, 11) is 0. The molecule has 21 heavy (non-hydrogen) atoms. The van der Waals surface area contributed by atoms with Crippen molar-refractivity contribution in [2.24, 2.45) is 0 Å². The van der Waals surface area contributed by atoms with Crippen LogP contribution in [0.15, 0.2) is 45.5 Å². The minimum atomic E-state index is -0.900. The number of hydrogen-bond donors (Lipinski definition) is 2. The van der Waals surface area contributed by atoms with Crippen molar-refractivity contribution in [3.05, 3.63) is 51.2 Å². The van der Waals surface area contributed by atoms with E-state index in [1.165, 1.54) is 6.92 Å². The van der Waals surface area contributed by atoms with Gasteiger partial charge >= 0.3 is 5.97 Å². The van der Waals surface area contributed by atoms with Crippen LogP contribution in [0.25, 0.3) is 0 Å². The summed E-state index contributed by atoms with van der Waals surface area (Å²) in [5.41, 5.74) is 0.916. The molecular formula is C14H12Br2N2O3. The minimum absolute atomic E-state index is 0.283. The third-order valence-corrected chi connectivity index (χ3v) is 3.62. The zero-order valence-electron chi connectivity index (χ0n) is 11.0. The Kier molecular flexibility index (Phi) is 5.19. The molecule has 0 saturated carbocycles. The number of amides is 1. The average molecular weight is 416 g/mol. The number of rotatable bonds is 4. The number of benzene rings is 1. The molecule has 1 heterocycles. The van der Waals surface area contributed by atoms with E-state index < -0.39 is 18.0 Å². The number of ether oxygens (including phenoxy) is 1. The standard InChI is InChI=1S/C14H12Br2N2O3/c1-8(21-14(20)12-6-10(16)7-17-12)13(19)18-11-4-2-9(15)3-5-11/h2-8,17H,1H3,(H,18,19). The lowest BCUT2D eigenvalue weighted by molar-refractivity contribution is -0.123. The van der Waals surface area contributed by atoms with Gasteiger partial charge in [0.25, 0.3) is 5.91 Å². The molecule has 2 aromatic rings. The van der Waals surface area contributed by atoms with Gasteiger partial charge in [0.1, 0.15) is 5.69 Å². The van der Waals surface area contributed by atoms with Gasteiger partial charge in [-0.25, -0.2) is 4.79 Å². The van der Waals surface area contributed by atoms with Crippen molar-refractivity contribution in [3.63, 3.8) is 0 Å². The fourth-order valence-electron chi connectivity index (χ4n) is 1.54. The van der Waals surface area contributed by atoms with Crippen molar-refractivity contribution in [1.82, 2.24) is 4.98 Å². The van der Waals surface area contributed by atoms with Gasteiger partial charge in [-0.2, -0.15) is 0 Å². The second kappa shape index (κ2) is 6.91. The molecule has 7 heteroatoms. The molecule has 1 atom stereocenters. The van der Waals surface area contributed by atoms with Gasteiger partial charge in [-0.3, -0.25) is 4.79 Å². The Labute approximate surface area is 138 Å². The van der Waals surface area contributed by atoms with Crippen molar-refractivity contribution >= 4 is 49.4 Å². The predicted molar refractivity (Wildman–Crippen MR) is 86.1 cm³/mol. The Bertz CT molecular complexity index is 652. The number of nitrogens with one attached hydrogen (secondary N) is 2. The van der Waals surface area contributed by atoms with Gasteiger partial charge < -0.3 is 15.0 Å². The molecule has 110 valence electrons. The maximum Gasteiger partial charge on any atom is 0.355 e. The van der Waals surface area contributed by atoms with Gasteiger partial charge in [-0.05, 0) is 53.2 Å². The summed E-state index contributed by atoms with van der Waals surface area (Å²) >= 11 is 6.54. The second-order valence-electron chi connectivity index (χ2n) is 4.28. The van der Waals surface area contributed by atoms with Gasteiger partial charge in [0, 0.05) is 20.8 Å². The first kappa shape index (κ1) is 15.8. The summed E-state index contributed by atoms with van der Waals surface area (Å²) in [6.07, 6.45) is 0.714. The van der Waals surface area contributed by atoms with E-state index in [4.69, 9.17) is 4.74 Å². The molecule has 0 aliphatic rings. The molecule has 1 amide bonds. The molecule has 0 spiro atoms. The maximum atomic E-state index is 11.9. The molecular weight excluding hydrogens is 404 g/mol. The van der Waals surface area contributed by atoms with Gasteiger partial charge in [0.15, 0.2) is 6.10 Å². The van der Waals surface area contributed by atoms with Crippen LogP contribution in [0.3, 0.4) is 0 Å². The van der Waals surface area contributed by atoms with E-state index in [9.17, 15) is 9.59 Å². The molecule has 0 bridgehead atoms. The van der Waals surface area contributed by atoms with E-state index in [1.807, 2.05) is 12.1 Å². The third-order valence-electron chi connectivity index (χ3n) is 2.63. The lowest BCUT2D eigenvalue weighted by Gasteiger charge is -2.13. The first-order valence-electron chi connectivity index (χ1n) is 6.07. The Morgan fingerprint density at radius 1 is 1.19 bits per heavy atom. The average Bonchev–Trinajstić information content (AvgIpc) is 2.88. The van der Waals surface area contributed by atoms with Crippen molar-refractivity contribution in [1.29, 1.82) is 0 Å². The molecule has 0 radical (unpaired) electrons. The SMILES string of the molecule is CC(OC(=O)c1cc(Br)c[nH]1)C(=O)Nc1ccc(Br)cc1. The van der Waals surface area contributed by atoms with Crippen LogP contribution in [0, 0.1) is 0 Å². The highest BCUT2D eigenvalue weighted by atomic mass is 79.9. The number of esters is 1. The summed E-state index contributed by atoms with van der Waals surface area (Å²) < 4.78 is 6.75. The highest BCUT2D eigenvalue weighted by molar-refractivity contribution is 9.10. The lowest BCUT2D eigenvalue weighted by Crippen LogP contribution is -2.30. The first-order valence-corrected chi connectivity index (χ1v) is 7.65. The molecule has 0 aliphatic heterocycles. The smallest absolute Gasteiger partial charge is 0.355 e. The van der Waals surface area contributed by atoms with E-state index in [0.717, 1.165) is 8.95 Å².